The zero-order valence-electron chi connectivity index (χ0n) is 76.9. The molecule has 8 aliphatic rings. The lowest BCUT2D eigenvalue weighted by molar-refractivity contribution is 0.355. The zero-order valence-corrected chi connectivity index (χ0v) is 77.7. The van der Waals surface area contributed by atoms with E-state index in [-0.39, 0.29) is 0 Å². The third kappa shape index (κ3) is 40.2. The van der Waals surface area contributed by atoms with Crippen LogP contribution in [0.3, 0.4) is 0 Å². The number of ether oxygens (including phenoxy) is 1. The summed E-state index contributed by atoms with van der Waals surface area (Å²) in [7, 11) is 0. The molecule has 658 valence electrons. The second kappa shape index (κ2) is 72.8. The highest BCUT2D eigenvalue weighted by atomic mass is 32.1. The number of nitrogens with zero attached hydrogens (tertiary/aromatic N) is 18. The minimum Gasteiger partial charge on any atom is -0.491 e. The molecule has 25 nitrogen and oxygen atoms in total. The molecule has 0 amide bonds. The average molecular weight is 1670 g/mol. The Morgan fingerprint density at radius 2 is 1.07 bits per heavy atom. The molecule has 0 saturated carbocycles. The molecule has 1 aliphatic carbocycles. The molecule has 7 aliphatic heterocycles. The number of aliphatic imine (C=N–C) groups is 1. The van der Waals surface area contributed by atoms with Crippen LogP contribution in [-0.2, 0) is 84.6 Å². The van der Waals surface area contributed by atoms with Gasteiger partial charge in [0.25, 0.3) is 0 Å². The summed E-state index contributed by atoms with van der Waals surface area (Å²) in [6.45, 7) is 57.8. The van der Waals surface area contributed by atoms with Crippen LogP contribution in [0.1, 0.15) is 210 Å². The van der Waals surface area contributed by atoms with E-state index in [1.165, 1.54) is 81.8 Å². The second-order valence-electron chi connectivity index (χ2n) is 22.9. The summed E-state index contributed by atoms with van der Waals surface area (Å²) in [6.07, 6.45) is 30.7. The van der Waals surface area contributed by atoms with Gasteiger partial charge in [-0.25, -0.2) is 29.6 Å². The number of hydrogen-bond acceptors (Lipinski definition) is 22. The fourth-order valence-corrected chi connectivity index (χ4v) is 11.7. The van der Waals surface area contributed by atoms with Crippen LogP contribution in [-0.4, -0.2) is 113 Å². The van der Waals surface area contributed by atoms with Gasteiger partial charge in [-0.3, -0.25) is 24.6 Å². The quantitative estimate of drug-likeness (QED) is 0.110. The summed E-state index contributed by atoms with van der Waals surface area (Å²) in [4.78, 5) is 36.2. The van der Waals surface area contributed by atoms with Gasteiger partial charge >= 0.3 is 0 Å². The van der Waals surface area contributed by atoms with Crippen LogP contribution in [0.15, 0.2) is 238 Å². The van der Waals surface area contributed by atoms with Crippen molar-refractivity contribution in [3.8, 4) is 5.75 Å². The molecular formula is C95H144N22O3S. The summed E-state index contributed by atoms with van der Waals surface area (Å²) in [5.74, 6) is 0.956. The number of imidazole rings is 1. The average Bonchev–Trinajstić information content (AvgIpc) is 1.85. The number of pyridine rings is 3. The standard InChI is InChI=1S/C8H9N.C8H7N.C7H10N2.C7H7NO.C7H5NO.C7H5NS.2C6H9N3.C6H5N3.C6H4N2O.C5H8N4.11C2H6/c1-3-7-4-2-6-9-8(7)5-1;1-2-4-8-7(3-1)5-6-9-8;1-2-7-6-8-3-5-9(7)4-1;1-3-8-5-7-6(1)2-4-9-7;2*1-2-4-7-6(3-1)8-5-9-7;1-2-9-5-8-4-6(9)3-7-1;1-2-8-9-4-3-7-5-6(1)9;1-2-5-6(7-3-1)4-8-9-5;1-2-9-6-5(1)3-7-4-8-6;1-2-9-5(3-6-1)4-7-8-9;11*1-2/h2,4,6H,1,3,5H2;1-4,6H,5H2;1-2,4,8H,3,5-6H2;1,3,5H,2,4H2;2*1-5H;4-5,7H,1-3H2;1-2,7H,3-5H2;1-3H,4H2;1-4H;4,6H,1-3H2;11*1-2H3. The monoisotopic (exact) mass is 1670 g/mol. The molecule has 22 rings (SSSR count). The molecule has 0 fully saturated rings. The van der Waals surface area contributed by atoms with Crippen molar-refractivity contribution in [3.05, 3.63) is 265 Å². The van der Waals surface area contributed by atoms with Crippen molar-refractivity contribution in [2.45, 2.75) is 243 Å². The van der Waals surface area contributed by atoms with E-state index in [1.807, 2.05) is 295 Å². The van der Waals surface area contributed by atoms with E-state index in [1.54, 1.807) is 48.6 Å². The molecule has 121 heavy (non-hydrogen) atoms. The van der Waals surface area contributed by atoms with E-state index in [0.29, 0.717) is 12.3 Å². The van der Waals surface area contributed by atoms with Crippen LogP contribution in [0.25, 0.3) is 32.4 Å². The first-order valence-corrected chi connectivity index (χ1v) is 45.0. The Labute approximate surface area is 727 Å². The van der Waals surface area contributed by atoms with Gasteiger partial charge in [-0.05, 0) is 109 Å². The highest BCUT2D eigenvalue weighted by Crippen LogP contribution is 2.25. The number of aryl methyl sites for hydroxylation is 2. The van der Waals surface area contributed by atoms with Crippen molar-refractivity contribution in [1.82, 2.24) is 95.0 Å². The molecule has 3 aromatic carbocycles. The predicted octanol–water partition coefficient (Wildman–Crippen LogP) is 22.8. The Morgan fingerprint density at radius 1 is 0.438 bits per heavy atom. The van der Waals surface area contributed by atoms with E-state index in [0.717, 1.165) is 143 Å². The first-order chi connectivity index (χ1) is 60.1. The number of rotatable bonds is 0. The Balaban J connectivity index is 0.000000650. The van der Waals surface area contributed by atoms with Gasteiger partial charge in [0.1, 0.15) is 29.8 Å². The number of fused-ring (bicyclic) bond motifs is 11. The third-order valence-corrected chi connectivity index (χ3v) is 17.1. The predicted molar refractivity (Wildman–Crippen MR) is 506 cm³/mol. The summed E-state index contributed by atoms with van der Waals surface area (Å²) < 4.78 is 24.9. The van der Waals surface area contributed by atoms with Crippen molar-refractivity contribution < 1.29 is 13.6 Å². The smallest absolute Gasteiger partial charge is 0.228 e. The molecule has 0 atom stereocenters. The topological polar surface area (TPSA) is 282 Å². The number of benzene rings is 3. The number of nitrogens with one attached hydrogen (secondary N) is 4. The lowest BCUT2D eigenvalue weighted by atomic mass is 10.2. The maximum Gasteiger partial charge on any atom is 0.228 e. The number of aromatic nitrogens is 15. The molecule has 14 aromatic rings. The maximum absolute atomic E-state index is 5.24. The summed E-state index contributed by atoms with van der Waals surface area (Å²) in [5.41, 5.74) is 19.0. The molecule has 4 N–H and O–H groups in total. The van der Waals surface area contributed by atoms with Gasteiger partial charge in [0.15, 0.2) is 12.0 Å². The van der Waals surface area contributed by atoms with E-state index >= 15 is 0 Å². The molecule has 18 heterocycles. The summed E-state index contributed by atoms with van der Waals surface area (Å²) in [5, 5.41) is 33.5. The Kier molecular flexibility index (Phi) is 64.9. The van der Waals surface area contributed by atoms with Crippen molar-refractivity contribution in [1.29, 1.82) is 0 Å². The van der Waals surface area contributed by atoms with E-state index < -0.39 is 0 Å². The normalized spacial score (nSPS) is 12.3. The van der Waals surface area contributed by atoms with E-state index in [4.69, 9.17) is 13.6 Å². The largest absolute Gasteiger partial charge is 0.491 e. The number of hydrogen-bond donors (Lipinski definition) is 4. The van der Waals surface area contributed by atoms with Crippen molar-refractivity contribution >= 4 is 61.3 Å². The van der Waals surface area contributed by atoms with E-state index in [2.05, 4.69) is 137 Å². The highest BCUT2D eigenvalue weighted by Gasteiger charge is 2.13. The number of para-hydroxylation sites is 4. The summed E-state index contributed by atoms with van der Waals surface area (Å²) in [6, 6.07) is 42.1. The van der Waals surface area contributed by atoms with Crippen molar-refractivity contribution in [3.63, 3.8) is 0 Å². The van der Waals surface area contributed by atoms with Gasteiger partial charge in [-0.1, -0.05) is 206 Å². The SMILES string of the molecule is C1=Nc2ccccc2C1.CC.CC.CC.CC.CC.CC.CC.CC.CC.CC.CC.c1cc2c(cn1)OCC2.c1cc2n(c1)CCNC2.c1cc2n(n1)CCNC2.c1ccc2ocnc2c1.c1ccc2scnc2c1.c1cnc2c(c1)CCC2.c1cnc2c(c1)N=NC2.c1ncc2ccoc2n1.c1ncn2c1CNCC2.c1nnn2c1CNCC2. The number of thiazole rings is 1. The Morgan fingerprint density at radius 3 is 1.74 bits per heavy atom. The van der Waals surface area contributed by atoms with Gasteiger partial charge in [0.2, 0.25) is 5.71 Å². The van der Waals surface area contributed by atoms with Gasteiger partial charge < -0.3 is 44.0 Å². The van der Waals surface area contributed by atoms with Crippen LogP contribution in [0.5, 0.6) is 5.75 Å². The Hall–Kier alpha value is -11.2. The fraction of sp³-hybridized carbons (Fsp3) is 0.432. The van der Waals surface area contributed by atoms with Crippen LogP contribution < -0.4 is 26.0 Å². The van der Waals surface area contributed by atoms with Crippen molar-refractivity contribution in [2.24, 2.45) is 15.2 Å². The molecule has 0 radical (unpaired) electrons. The number of furan rings is 1. The molecule has 0 bridgehead atoms. The lowest BCUT2D eigenvalue weighted by Gasteiger charge is -2.15. The zero-order chi connectivity index (χ0) is 89.1. The first-order valence-electron chi connectivity index (χ1n) is 44.1. The molecule has 11 aromatic heterocycles. The summed E-state index contributed by atoms with van der Waals surface area (Å²) >= 11 is 1.68. The van der Waals surface area contributed by atoms with Gasteiger partial charge in [-0.2, -0.15) is 15.3 Å². The first kappa shape index (κ1) is 108. The van der Waals surface area contributed by atoms with Gasteiger partial charge in [-0.15, -0.1) is 16.4 Å². The van der Waals surface area contributed by atoms with Crippen LogP contribution in [0, 0.1) is 0 Å². The van der Waals surface area contributed by atoms with E-state index in [9.17, 15) is 0 Å². The van der Waals surface area contributed by atoms with Crippen molar-refractivity contribution in [2.75, 3.05) is 32.8 Å². The van der Waals surface area contributed by atoms with Crippen LogP contribution >= 0.6 is 11.3 Å². The van der Waals surface area contributed by atoms with Gasteiger partial charge in [0.05, 0.1) is 94.3 Å². The van der Waals surface area contributed by atoms with Crippen LogP contribution in [0.2, 0.25) is 0 Å². The Bertz CT molecular complexity index is 4080. The number of oxazole rings is 1. The fourth-order valence-electron chi connectivity index (χ4n) is 11.1. The van der Waals surface area contributed by atoms with Gasteiger partial charge in [0, 0.05) is 145 Å². The molecule has 0 saturated heterocycles. The minimum absolute atomic E-state index is 0.644. The van der Waals surface area contributed by atoms with Crippen LogP contribution in [0.4, 0.5) is 11.4 Å². The third-order valence-electron chi connectivity index (χ3n) is 16.3. The molecule has 0 unspecified atom stereocenters. The maximum atomic E-state index is 5.24. The minimum atomic E-state index is 0.644. The molecule has 0 spiro atoms. The second-order valence-corrected chi connectivity index (χ2v) is 23.8. The lowest BCUT2D eigenvalue weighted by Crippen LogP contribution is -2.28. The molecule has 26 heteroatoms. The highest BCUT2D eigenvalue weighted by molar-refractivity contribution is 7.16. The number of azo groups is 1. The molecular weight excluding hydrogens is 1530 g/mol.